The first-order valence-corrected chi connectivity index (χ1v) is 13.4. The first-order valence-electron chi connectivity index (χ1n) is 10.6. The number of morpholine rings is 1. The molecule has 176 valence electrons. The number of primary amides is 2. The third kappa shape index (κ3) is 5.77. The number of nitrogens with zero attached hydrogens (tertiary/aromatic N) is 1. The highest BCUT2D eigenvalue weighted by Gasteiger charge is 2.31. The van der Waals surface area contributed by atoms with Gasteiger partial charge in [-0.1, -0.05) is 30.3 Å². The number of allylic oxidation sites excluding steroid dienone is 1. The summed E-state index contributed by atoms with van der Waals surface area (Å²) >= 11 is 1.33. The van der Waals surface area contributed by atoms with Gasteiger partial charge in [-0.25, -0.2) is 4.79 Å². The topological polar surface area (TPSA) is 120 Å². The van der Waals surface area contributed by atoms with E-state index >= 15 is 0 Å². The predicted octanol–water partition coefficient (Wildman–Crippen LogP) is 3.42. The second-order valence-electron chi connectivity index (χ2n) is 7.77. The number of carbonyl (C=O) groups is 2. The first kappa shape index (κ1) is 23.4. The van der Waals surface area contributed by atoms with E-state index in [2.05, 4.69) is 33.2 Å². The van der Waals surface area contributed by atoms with Crippen molar-refractivity contribution in [3.63, 3.8) is 0 Å². The van der Waals surface area contributed by atoms with Crippen molar-refractivity contribution in [3.8, 4) is 0 Å². The zero-order chi connectivity index (χ0) is 23.3. The quantitative estimate of drug-likeness (QED) is 0.500. The van der Waals surface area contributed by atoms with Gasteiger partial charge in [0.1, 0.15) is 17.4 Å². The third-order valence-corrected chi connectivity index (χ3v) is 10.4. The van der Waals surface area contributed by atoms with Crippen molar-refractivity contribution < 1.29 is 19.1 Å². The number of nitrogens with two attached hydrogens (primary N) is 2. The zero-order valence-corrected chi connectivity index (χ0v) is 19.8. The van der Waals surface area contributed by atoms with Crippen molar-refractivity contribution in [3.05, 3.63) is 70.2 Å². The summed E-state index contributed by atoms with van der Waals surface area (Å²) < 4.78 is 12.5. The van der Waals surface area contributed by atoms with Gasteiger partial charge in [0.25, 0.3) is 5.91 Å². The molecule has 3 amide bonds. The molecule has 1 saturated heterocycles. The maximum Gasteiger partial charge on any atom is 0.317 e. The minimum atomic E-state index is -1.65. The van der Waals surface area contributed by atoms with Crippen LogP contribution in [0.25, 0.3) is 0 Å². The number of thiophene rings is 1. The number of hydrogen-bond acceptors (Lipinski definition) is 6. The minimum absolute atomic E-state index is 0.261. The fourth-order valence-corrected chi connectivity index (χ4v) is 8.58. The van der Waals surface area contributed by atoms with E-state index in [-0.39, 0.29) is 5.56 Å². The van der Waals surface area contributed by atoms with Gasteiger partial charge < -0.3 is 20.9 Å². The molecule has 3 heterocycles. The number of urea groups is 1. The number of ether oxygens (including phenoxy) is 2. The molecular weight excluding hydrogens is 460 g/mol. The predicted molar refractivity (Wildman–Crippen MR) is 132 cm³/mol. The summed E-state index contributed by atoms with van der Waals surface area (Å²) in [6.45, 7) is 4.78. The van der Waals surface area contributed by atoms with Gasteiger partial charge in [0.05, 0.1) is 23.0 Å². The number of nitrogens with one attached hydrogen (secondary N) is 1. The molecule has 1 unspecified atom stereocenters. The Hall–Kier alpha value is -2.79. The van der Waals surface area contributed by atoms with Gasteiger partial charge >= 0.3 is 6.03 Å². The molecule has 1 aromatic carbocycles. The molecular formula is C23H28N4O4S2. The Kier molecular flexibility index (Phi) is 7.39. The SMILES string of the molecule is NC(=O)Nc1sc(S2(Cc3ccccc3)C=CC(OCCN3CCOCC3)=C2)cc1C(N)=O. The first-order chi connectivity index (χ1) is 15.9. The van der Waals surface area contributed by atoms with E-state index in [9.17, 15) is 9.59 Å². The molecule has 5 N–H and O–H groups in total. The van der Waals surface area contributed by atoms with Crippen LogP contribution in [0.5, 0.6) is 0 Å². The minimum Gasteiger partial charge on any atom is -0.492 e. The Balaban J connectivity index is 1.59. The summed E-state index contributed by atoms with van der Waals surface area (Å²) in [5.41, 5.74) is 12.3. The van der Waals surface area contributed by atoms with E-state index in [1.165, 1.54) is 16.9 Å². The van der Waals surface area contributed by atoms with E-state index in [0.29, 0.717) is 11.6 Å². The van der Waals surface area contributed by atoms with Crippen LogP contribution in [0.4, 0.5) is 9.80 Å². The average Bonchev–Trinajstić information content (AvgIpc) is 3.40. The molecule has 2 aromatic rings. The Morgan fingerprint density at radius 1 is 1.18 bits per heavy atom. The van der Waals surface area contributed by atoms with E-state index < -0.39 is 22.0 Å². The lowest BCUT2D eigenvalue weighted by molar-refractivity contribution is 0.0282. The Morgan fingerprint density at radius 2 is 1.94 bits per heavy atom. The highest BCUT2D eigenvalue weighted by atomic mass is 32.3. The van der Waals surface area contributed by atoms with Crippen molar-refractivity contribution in [2.75, 3.05) is 44.8 Å². The summed E-state index contributed by atoms with van der Waals surface area (Å²) in [6.07, 6.45) is 2.00. The summed E-state index contributed by atoms with van der Waals surface area (Å²) in [5, 5.41) is 7.23. The molecule has 0 bridgehead atoms. The van der Waals surface area contributed by atoms with E-state index in [4.69, 9.17) is 20.9 Å². The molecule has 4 rings (SSSR count). The third-order valence-electron chi connectivity index (χ3n) is 5.42. The van der Waals surface area contributed by atoms with Gasteiger partial charge in [-0.2, -0.15) is 10.0 Å². The van der Waals surface area contributed by atoms with Gasteiger partial charge in [-0.05, 0) is 23.1 Å². The molecule has 0 saturated carbocycles. The highest BCUT2D eigenvalue weighted by Crippen LogP contribution is 2.67. The van der Waals surface area contributed by atoms with Crippen LogP contribution in [-0.4, -0.2) is 56.3 Å². The molecule has 2 aliphatic heterocycles. The molecule has 1 fully saturated rings. The molecule has 0 spiro atoms. The van der Waals surface area contributed by atoms with Gasteiger partial charge in [0, 0.05) is 30.8 Å². The lowest BCUT2D eigenvalue weighted by Crippen LogP contribution is -2.38. The van der Waals surface area contributed by atoms with Crippen LogP contribution in [0, 0.1) is 0 Å². The molecule has 2 aliphatic rings. The Morgan fingerprint density at radius 3 is 2.64 bits per heavy atom. The number of anilines is 1. The number of rotatable bonds is 9. The zero-order valence-electron chi connectivity index (χ0n) is 18.2. The molecule has 8 nitrogen and oxygen atoms in total. The van der Waals surface area contributed by atoms with Gasteiger partial charge in [-0.3, -0.25) is 15.0 Å². The lowest BCUT2D eigenvalue weighted by atomic mass is 10.2. The molecule has 33 heavy (non-hydrogen) atoms. The van der Waals surface area contributed by atoms with Crippen LogP contribution in [0.15, 0.2) is 63.3 Å². The molecule has 1 aromatic heterocycles. The Labute approximate surface area is 198 Å². The van der Waals surface area contributed by atoms with Crippen molar-refractivity contribution in [2.24, 2.45) is 11.5 Å². The second kappa shape index (κ2) is 10.4. The monoisotopic (exact) mass is 488 g/mol. The normalized spacial score (nSPS) is 22.4. The van der Waals surface area contributed by atoms with Crippen LogP contribution in [0.3, 0.4) is 0 Å². The standard InChI is InChI=1S/C23H28N4O4S2/c24-21(28)19-14-20(32-22(19)26-23(25)29)33(15-17-4-2-1-3-5-17)13-6-18(16-33)31-12-9-27-7-10-30-11-8-27/h1-6,13-14,16H,7-12,15H2,(H2,24,28)(H3,25,26,29). The second-order valence-corrected chi connectivity index (χ2v) is 12.0. The van der Waals surface area contributed by atoms with Crippen LogP contribution < -0.4 is 16.8 Å². The maximum atomic E-state index is 12.0. The van der Waals surface area contributed by atoms with Crippen molar-refractivity contribution in [1.82, 2.24) is 4.90 Å². The molecule has 1 atom stereocenters. The maximum absolute atomic E-state index is 12.0. The fourth-order valence-electron chi connectivity index (χ4n) is 3.75. The number of benzene rings is 1. The largest absolute Gasteiger partial charge is 0.492 e. The van der Waals surface area contributed by atoms with Crippen molar-refractivity contribution >= 4 is 38.3 Å². The average molecular weight is 489 g/mol. The Bertz CT molecular complexity index is 1060. The van der Waals surface area contributed by atoms with Gasteiger partial charge in [0.2, 0.25) is 0 Å². The van der Waals surface area contributed by atoms with Gasteiger partial charge in [-0.15, -0.1) is 11.3 Å². The molecule has 0 aliphatic carbocycles. The van der Waals surface area contributed by atoms with Crippen LogP contribution in [0.2, 0.25) is 0 Å². The number of carbonyl (C=O) groups excluding carboxylic acids is 2. The fraction of sp³-hybridized carbons (Fsp3) is 0.304. The summed E-state index contributed by atoms with van der Waals surface area (Å²) in [4.78, 5) is 25.8. The van der Waals surface area contributed by atoms with Crippen LogP contribution in [0.1, 0.15) is 15.9 Å². The van der Waals surface area contributed by atoms with Gasteiger partial charge in [0.15, 0.2) is 0 Å². The summed E-state index contributed by atoms with van der Waals surface area (Å²) in [6, 6.07) is 11.2. The summed E-state index contributed by atoms with van der Waals surface area (Å²) in [7, 11) is -1.65. The number of amides is 3. The van der Waals surface area contributed by atoms with Crippen molar-refractivity contribution in [2.45, 2.75) is 9.96 Å². The van der Waals surface area contributed by atoms with Crippen molar-refractivity contribution in [1.29, 1.82) is 0 Å². The van der Waals surface area contributed by atoms with E-state index in [1.807, 2.05) is 24.3 Å². The smallest absolute Gasteiger partial charge is 0.317 e. The summed E-state index contributed by atoms with van der Waals surface area (Å²) in [5.74, 6) is 0.950. The van der Waals surface area contributed by atoms with E-state index in [0.717, 1.165) is 48.6 Å². The van der Waals surface area contributed by atoms with Crippen LogP contribution in [-0.2, 0) is 15.2 Å². The van der Waals surface area contributed by atoms with E-state index in [1.54, 1.807) is 6.07 Å². The molecule has 10 heteroatoms. The highest BCUT2D eigenvalue weighted by molar-refractivity contribution is 8.39. The number of hydrogen-bond donors (Lipinski definition) is 3. The van der Waals surface area contributed by atoms with Crippen LogP contribution >= 0.6 is 21.4 Å². The lowest BCUT2D eigenvalue weighted by Gasteiger charge is -2.30. The molecule has 0 radical (unpaired) electrons.